The van der Waals surface area contributed by atoms with Gasteiger partial charge in [-0.05, 0) is 44.0 Å². The fourth-order valence-electron chi connectivity index (χ4n) is 4.19. The molecule has 2 aliphatic heterocycles. The number of aromatic nitrogens is 3. The quantitative estimate of drug-likeness (QED) is 0.698. The Labute approximate surface area is 179 Å². The lowest BCUT2D eigenvalue weighted by molar-refractivity contribution is 0.0529. The van der Waals surface area contributed by atoms with Crippen LogP contribution in [0.4, 0.5) is 20.7 Å². The van der Waals surface area contributed by atoms with Crippen LogP contribution in [0.25, 0.3) is 17.0 Å². The number of rotatable bonds is 3. The van der Waals surface area contributed by atoms with Gasteiger partial charge in [-0.25, -0.2) is 19.2 Å². The average Bonchev–Trinajstić information content (AvgIpc) is 3.45. The monoisotopic (exact) mass is 424 g/mol. The third-order valence-electron chi connectivity index (χ3n) is 5.81. The first kappa shape index (κ1) is 19.7. The number of amides is 2. The number of fused-ring (bicyclic) bond motifs is 1. The Hall–Kier alpha value is -3.20. The van der Waals surface area contributed by atoms with Crippen LogP contribution in [0.15, 0.2) is 36.7 Å². The molecule has 162 valence electrons. The van der Waals surface area contributed by atoms with E-state index in [0.717, 1.165) is 44.8 Å². The van der Waals surface area contributed by atoms with E-state index in [4.69, 9.17) is 4.74 Å². The third kappa shape index (κ3) is 3.93. The highest BCUT2D eigenvalue weighted by molar-refractivity contribution is 5.90. The molecule has 0 aliphatic carbocycles. The summed E-state index contributed by atoms with van der Waals surface area (Å²) in [6, 6.07) is 6.16. The van der Waals surface area contributed by atoms with Crippen molar-refractivity contribution in [2.24, 2.45) is 0 Å². The van der Waals surface area contributed by atoms with E-state index >= 15 is 0 Å². The lowest BCUT2D eigenvalue weighted by atomic mass is 10.1. The summed E-state index contributed by atoms with van der Waals surface area (Å²) in [6.07, 6.45) is 5.82. The highest BCUT2D eigenvalue weighted by atomic mass is 19.1. The Kier molecular flexibility index (Phi) is 5.19. The summed E-state index contributed by atoms with van der Waals surface area (Å²) < 4.78 is 22.1. The maximum atomic E-state index is 14.6. The maximum Gasteiger partial charge on any atom is 0.321 e. The van der Waals surface area contributed by atoms with Gasteiger partial charge in [-0.3, -0.25) is 4.40 Å². The van der Waals surface area contributed by atoms with Crippen LogP contribution in [0.5, 0.6) is 0 Å². The van der Waals surface area contributed by atoms with Gasteiger partial charge in [-0.1, -0.05) is 0 Å². The molecule has 0 saturated carbocycles. The second-order valence-corrected chi connectivity index (χ2v) is 8.05. The van der Waals surface area contributed by atoms with Crippen molar-refractivity contribution in [2.75, 3.05) is 43.0 Å². The molecule has 3 aromatic rings. The first-order chi connectivity index (χ1) is 15.1. The highest BCUT2D eigenvalue weighted by Gasteiger charge is 2.21. The van der Waals surface area contributed by atoms with Gasteiger partial charge in [0.1, 0.15) is 11.6 Å². The van der Waals surface area contributed by atoms with Gasteiger partial charge < -0.3 is 19.9 Å². The molecule has 2 fully saturated rings. The summed E-state index contributed by atoms with van der Waals surface area (Å²) in [5.74, 6) is 1.04. The van der Waals surface area contributed by atoms with Gasteiger partial charge in [0.25, 0.3) is 0 Å². The van der Waals surface area contributed by atoms with Crippen molar-refractivity contribution in [3.05, 3.63) is 42.5 Å². The smallest absolute Gasteiger partial charge is 0.321 e. The molecule has 0 unspecified atom stereocenters. The number of imidazole rings is 1. The van der Waals surface area contributed by atoms with Gasteiger partial charge in [0, 0.05) is 43.6 Å². The number of nitrogens with one attached hydrogen (secondary N) is 1. The molecule has 0 radical (unpaired) electrons. The molecule has 5 rings (SSSR count). The molecule has 2 saturated heterocycles. The summed E-state index contributed by atoms with van der Waals surface area (Å²) >= 11 is 0. The molecular formula is C22H25FN6O2. The number of morpholine rings is 1. The number of carbonyl (C=O) groups excluding carboxylic acids is 1. The zero-order chi connectivity index (χ0) is 21.4. The lowest BCUT2D eigenvalue weighted by Crippen LogP contribution is -2.41. The number of urea groups is 1. The molecule has 4 heterocycles. The van der Waals surface area contributed by atoms with Crippen LogP contribution in [0.1, 0.15) is 19.8 Å². The van der Waals surface area contributed by atoms with Gasteiger partial charge >= 0.3 is 6.03 Å². The number of anilines is 2. The van der Waals surface area contributed by atoms with Gasteiger partial charge in [0.2, 0.25) is 5.78 Å². The molecule has 8 nitrogen and oxygen atoms in total. The molecule has 2 aromatic heterocycles. The van der Waals surface area contributed by atoms with Crippen LogP contribution < -0.4 is 10.2 Å². The summed E-state index contributed by atoms with van der Waals surface area (Å²) in [7, 11) is 0. The lowest BCUT2D eigenvalue weighted by Gasteiger charge is -2.32. The van der Waals surface area contributed by atoms with E-state index in [2.05, 4.69) is 20.2 Å². The average molecular weight is 424 g/mol. The second kappa shape index (κ2) is 8.14. The van der Waals surface area contributed by atoms with E-state index in [0.29, 0.717) is 29.3 Å². The summed E-state index contributed by atoms with van der Waals surface area (Å²) in [5.41, 5.74) is 1.34. The normalized spacial score (nSPS) is 19.2. The maximum absolute atomic E-state index is 14.6. The molecule has 1 aromatic carbocycles. The molecule has 1 N–H and O–H groups in total. The Morgan fingerprint density at radius 3 is 2.87 bits per heavy atom. The first-order valence-electron chi connectivity index (χ1n) is 10.6. The summed E-state index contributed by atoms with van der Waals surface area (Å²) in [4.78, 5) is 25.4. The van der Waals surface area contributed by atoms with Gasteiger partial charge in [0.05, 0.1) is 24.6 Å². The van der Waals surface area contributed by atoms with Crippen LogP contribution in [-0.2, 0) is 4.74 Å². The van der Waals surface area contributed by atoms with Crippen molar-refractivity contribution >= 4 is 23.3 Å². The minimum absolute atomic E-state index is 0.152. The first-order valence-corrected chi connectivity index (χ1v) is 10.6. The Balaban J connectivity index is 1.41. The SMILES string of the molecule is C[C@H]1CN(c2cnc3nc(-c4cc(NC(=O)N5CCCC5)ccc4F)ccn23)CCO1. The summed E-state index contributed by atoms with van der Waals surface area (Å²) in [6.45, 7) is 5.78. The van der Waals surface area contributed by atoms with Gasteiger partial charge in [-0.15, -0.1) is 0 Å². The standard InChI is InChI=1S/C22H25FN6O2/c1-15-14-28(10-11-31-15)20-13-24-21-26-19(6-9-29(20)21)17-12-16(4-5-18(17)23)25-22(30)27-7-2-3-8-27/h4-6,9,12-13,15H,2-3,7-8,10-11,14H2,1H3,(H,25,30)/t15-/m0/s1. The van der Waals surface area contributed by atoms with Crippen LogP contribution in [-0.4, -0.2) is 64.2 Å². The number of ether oxygens (including phenoxy) is 1. The van der Waals surface area contributed by atoms with Crippen LogP contribution >= 0.6 is 0 Å². The molecule has 2 amide bonds. The van der Waals surface area contributed by atoms with E-state index in [9.17, 15) is 9.18 Å². The predicted octanol–water partition coefficient (Wildman–Crippen LogP) is 3.39. The van der Waals surface area contributed by atoms with E-state index in [1.807, 2.05) is 17.5 Å². The molecular weight excluding hydrogens is 399 g/mol. The topological polar surface area (TPSA) is 75.0 Å². The number of hydrogen-bond acceptors (Lipinski definition) is 5. The van der Waals surface area contributed by atoms with Crippen LogP contribution in [0.2, 0.25) is 0 Å². The number of likely N-dealkylation sites (tertiary alicyclic amines) is 1. The largest absolute Gasteiger partial charge is 0.375 e. The van der Waals surface area contributed by atoms with Crippen LogP contribution in [0.3, 0.4) is 0 Å². The number of benzene rings is 1. The Bertz CT molecular complexity index is 1110. The molecule has 2 aliphatic rings. The minimum atomic E-state index is -0.398. The minimum Gasteiger partial charge on any atom is -0.375 e. The zero-order valence-electron chi connectivity index (χ0n) is 17.4. The molecule has 9 heteroatoms. The number of carbonyl (C=O) groups is 1. The van der Waals surface area contributed by atoms with Crippen molar-refractivity contribution in [3.8, 4) is 11.3 Å². The van der Waals surface area contributed by atoms with Gasteiger partial charge in [0.15, 0.2) is 0 Å². The molecule has 1 atom stereocenters. The van der Waals surface area contributed by atoms with E-state index in [1.54, 1.807) is 29.3 Å². The number of nitrogens with zero attached hydrogens (tertiary/aromatic N) is 5. The van der Waals surface area contributed by atoms with E-state index in [1.165, 1.54) is 6.07 Å². The fraction of sp³-hybridized carbons (Fsp3) is 0.409. The number of hydrogen-bond donors (Lipinski definition) is 1. The van der Waals surface area contributed by atoms with Gasteiger partial charge in [-0.2, -0.15) is 0 Å². The Morgan fingerprint density at radius 1 is 1.23 bits per heavy atom. The molecule has 0 bridgehead atoms. The highest BCUT2D eigenvalue weighted by Crippen LogP contribution is 2.27. The van der Waals surface area contributed by atoms with E-state index in [-0.39, 0.29) is 12.1 Å². The Morgan fingerprint density at radius 2 is 2.06 bits per heavy atom. The molecule has 31 heavy (non-hydrogen) atoms. The predicted molar refractivity (Wildman–Crippen MR) is 116 cm³/mol. The van der Waals surface area contributed by atoms with Crippen molar-refractivity contribution in [1.82, 2.24) is 19.3 Å². The van der Waals surface area contributed by atoms with Crippen molar-refractivity contribution in [1.29, 1.82) is 0 Å². The molecule has 0 spiro atoms. The fourth-order valence-corrected chi connectivity index (χ4v) is 4.19. The van der Waals surface area contributed by atoms with Crippen molar-refractivity contribution in [2.45, 2.75) is 25.9 Å². The zero-order valence-corrected chi connectivity index (χ0v) is 17.4. The summed E-state index contributed by atoms with van der Waals surface area (Å²) in [5, 5.41) is 2.86. The number of halogens is 1. The van der Waals surface area contributed by atoms with Crippen molar-refractivity contribution < 1.29 is 13.9 Å². The van der Waals surface area contributed by atoms with Crippen molar-refractivity contribution in [3.63, 3.8) is 0 Å². The third-order valence-corrected chi connectivity index (χ3v) is 5.81. The van der Waals surface area contributed by atoms with Crippen LogP contribution in [0, 0.1) is 5.82 Å². The second-order valence-electron chi connectivity index (χ2n) is 8.05. The van der Waals surface area contributed by atoms with E-state index < -0.39 is 5.82 Å².